The number of aromatic amines is 1. The van der Waals surface area contributed by atoms with E-state index in [1.54, 1.807) is 12.1 Å². The lowest BCUT2D eigenvalue weighted by atomic mass is 10.1. The maximum atomic E-state index is 12.3. The van der Waals surface area contributed by atoms with Gasteiger partial charge in [-0.05, 0) is 66.8 Å². The van der Waals surface area contributed by atoms with Crippen molar-refractivity contribution in [2.24, 2.45) is 0 Å². The molecule has 3 rings (SSSR count). The van der Waals surface area contributed by atoms with Crippen LogP contribution in [0.2, 0.25) is 0 Å². The van der Waals surface area contributed by atoms with E-state index in [0.29, 0.717) is 18.7 Å². The van der Waals surface area contributed by atoms with Gasteiger partial charge in [0.1, 0.15) is 5.75 Å². The number of fused-ring (bicyclic) bond motifs is 1. The summed E-state index contributed by atoms with van der Waals surface area (Å²) in [5.41, 5.74) is 3.98. The highest BCUT2D eigenvalue weighted by Gasteiger charge is 2.06. The molecule has 1 amide bonds. The highest BCUT2D eigenvalue weighted by Crippen LogP contribution is 2.17. The first-order valence-electron chi connectivity index (χ1n) is 8.75. The Morgan fingerprint density at radius 1 is 1.12 bits per heavy atom. The van der Waals surface area contributed by atoms with E-state index in [-0.39, 0.29) is 5.91 Å². The van der Waals surface area contributed by atoms with E-state index >= 15 is 0 Å². The van der Waals surface area contributed by atoms with Crippen LogP contribution in [0.25, 0.3) is 10.9 Å². The van der Waals surface area contributed by atoms with E-state index in [9.17, 15) is 4.79 Å². The van der Waals surface area contributed by atoms with E-state index in [4.69, 9.17) is 4.74 Å². The molecule has 1 aromatic heterocycles. The molecule has 3 aromatic rings. The normalized spacial score (nSPS) is 10.8. The number of unbranched alkanes of at least 4 members (excludes halogenated alkanes) is 1. The number of H-pyrrole nitrogens is 1. The molecule has 0 aliphatic heterocycles. The third kappa shape index (κ3) is 4.41. The van der Waals surface area contributed by atoms with Gasteiger partial charge in [0.25, 0.3) is 5.91 Å². The van der Waals surface area contributed by atoms with Gasteiger partial charge in [0.05, 0.1) is 6.61 Å². The summed E-state index contributed by atoms with van der Waals surface area (Å²) in [5.74, 6) is 0.726. The maximum absolute atomic E-state index is 12.3. The van der Waals surface area contributed by atoms with E-state index in [1.165, 1.54) is 0 Å². The number of hydrogen-bond acceptors (Lipinski definition) is 2. The molecule has 0 saturated heterocycles. The minimum Gasteiger partial charge on any atom is -0.494 e. The minimum absolute atomic E-state index is 0.0783. The Bertz CT molecular complexity index is 850. The first-order valence-corrected chi connectivity index (χ1v) is 8.75. The van der Waals surface area contributed by atoms with Crippen LogP contribution in [-0.4, -0.2) is 17.5 Å². The topological polar surface area (TPSA) is 54.1 Å². The Balaban J connectivity index is 1.57. The van der Waals surface area contributed by atoms with E-state index in [2.05, 4.69) is 29.4 Å². The second-order valence-corrected chi connectivity index (χ2v) is 6.28. The lowest BCUT2D eigenvalue weighted by Gasteiger charge is -2.08. The predicted molar refractivity (Wildman–Crippen MR) is 101 cm³/mol. The van der Waals surface area contributed by atoms with Crippen LogP contribution in [0.15, 0.2) is 48.5 Å². The molecule has 4 heteroatoms. The SMILES string of the molecule is CCCCOc1ccc(C(=O)NCc2ccc3[nH]c(C)cc3c2)cc1. The van der Waals surface area contributed by atoms with Crippen molar-refractivity contribution < 1.29 is 9.53 Å². The second kappa shape index (κ2) is 7.88. The van der Waals surface area contributed by atoms with Crippen molar-refractivity contribution in [3.05, 3.63) is 65.4 Å². The molecular weight excluding hydrogens is 312 g/mol. The predicted octanol–water partition coefficient (Wildman–Crippen LogP) is 4.59. The molecular formula is C21H24N2O2. The minimum atomic E-state index is -0.0783. The van der Waals surface area contributed by atoms with Crippen LogP contribution in [0, 0.1) is 6.92 Å². The van der Waals surface area contributed by atoms with Crippen molar-refractivity contribution in [2.45, 2.75) is 33.2 Å². The zero-order valence-electron chi connectivity index (χ0n) is 14.8. The average Bonchev–Trinajstić information content (AvgIpc) is 2.99. The third-order valence-corrected chi connectivity index (χ3v) is 4.16. The quantitative estimate of drug-likeness (QED) is 0.620. The molecule has 4 nitrogen and oxygen atoms in total. The molecule has 1 heterocycles. The van der Waals surface area contributed by atoms with Crippen LogP contribution in [0.3, 0.4) is 0 Å². The molecule has 0 aliphatic carbocycles. The standard InChI is InChI=1S/C21H24N2O2/c1-3-4-11-25-19-8-6-17(7-9-19)21(24)22-14-16-5-10-20-18(13-16)12-15(2)23-20/h5-10,12-13,23H,3-4,11,14H2,1-2H3,(H,22,24). The first-order chi connectivity index (χ1) is 12.2. The largest absolute Gasteiger partial charge is 0.494 e. The molecule has 0 spiro atoms. The molecule has 0 saturated carbocycles. The van der Waals surface area contributed by atoms with E-state index in [0.717, 1.165) is 40.8 Å². The number of hydrogen-bond donors (Lipinski definition) is 2. The zero-order chi connectivity index (χ0) is 17.6. The van der Waals surface area contributed by atoms with Gasteiger partial charge in [-0.3, -0.25) is 4.79 Å². The summed E-state index contributed by atoms with van der Waals surface area (Å²) in [6.07, 6.45) is 2.14. The monoisotopic (exact) mass is 336 g/mol. The molecule has 0 atom stereocenters. The molecule has 25 heavy (non-hydrogen) atoms. The highest BCUT2D eigenvalue weighted by molar-refractivity contribution is 5.94. The Kier molecular flexibility index (Phi) is 5.39. The summed E-state index contributed by atoms with van der Waals surface area (Å²) in [5, 5.41) is 4.13. The lowest BCUT2D eigenvalue weighted by molar-refractivity contribution is 0.0951. The number of rotatable bonds is 7. The molecule has 0 fully saturated rings. The molecule has 0 radical (unpaired) electrons. The van der Waals surface area contributed by atoms with Gasteiger partial charge in [0.15, 0.2) is 0 Å². The molecule has 0 aliphatic rings. The van der Waals surface area contributed by atoms with Crippen molar-refractivity contribution >= 4 is 16.8 Å². The van der Waals surface area contributed by atoms with Crippen molar-refractivity contribution in [1.82, 2.24) is 10.3 Å². The van der Waals surface area contributed by atoms with Crippen molar-refractivity contribution in [3.8, 4) is 5.75 Å². The van der Waals surface area contributed by atoms with Gasteiger partial charge in [0.2, 0.25) is 0 Å². The number of benzene rings is 2. The van der Waals surface area contributed by atoms with Crippen LogP contribution < -0.4 is 10.1 Å². The van der Waals surface area contributed by atoms with Gasteiger partial charge < -0.3 is 15.0 Å². The fourth-order valence-electron chi connectivity index (χ4n) is 2.76. The Labute approximate surface area is 148 Å². The molecule has 130 valence electrons. The summed E-state index contributed by atoms with van der Waals surface area (Å²) in [7, 11) is 0. The number of carbonyl (C=O) groups is 1. The zero-order valence-corrected chi connectivity index (χ0v) is 14.8. The van der Waals surface area contributed by atoms with Crippen LogP contribution in [-0.2, 0) is 6.54 Å². The fourth-order valence-corrected chi connectivity index (χ4v) is 2.76. The number of carbonyl (C=O) groups excluding carboxylic acids is 1. The third-order valence-electron chi connectivity index (χ3n) is 4.16. The summed E-state index contributed by atoms with van der Waals surface area (Å²) >= 11 is 0. The van der Waals surface area contributed by atoms with Crippen molar-refractivity contribution in [1.29, 1.82) is 0 Å². The van der Waals surface area contributed by atoms with Gasteiger partial charge in [-0.25, -0.2) is 0 Å². The van der Waals surface area contributed by atoms with Gasteiger partial charge in [-0.1, -0.05) is 19.4 Å². The Morgan fingerprint density at radius 2 is 1.92 bits per heavy atom. The van der Waals surface area contributed by atoms with Crippen molar-refractivity contribution in [3.63, 3.8) is 0 Å². The van der Waals surface area contributed by atoms with Crippen LogP contribution in [0.5, 0.6) is 5.75 Å². The second-order valence-electron chi connectivity index (χ2n) is 6.28. The number of nitrogens with one attached hydrogen (secondary N) is 2. The van der Waals surface area contributed by atoms with Crippen LogP contribution in [0.4, 0.5) is 0 Å². The van der Waals surface area contributed by atoms with Crippen LogP contribution in [0.1, 0.15) is 41.4 Å². The molecule has 2 N–H and O–H groups in total. The van der Waals surface area contributed by atoms with Crippen molar-refractivity contribution in [2.75, 3.05) is 6.61 Å². The maximum Gasteiger partial charge on any atom is 0.251 e. The van der Waals surface area contributed by atoms with E-state index < -0.39 is 0 Å². The fraction of sp³-hybridized carbons (Fsp3) is 0.286. The number of ether oxygens (including phenoxy) is 1. The Morgan fingerprint density at radius 3 is 2.68 bits per heavy atom. The smallest absolute Gasteiger partial charge is 0.251 e. The van der Waals surface area contributed by atoms with Gasteiger partial charge in [0, 0.05) is 23.3 Å². The number of amides is 1. The van der Waals surface area contributed by atoms with Gasteiger partial charge in [-0.2, -0.15) is 0 Å². The molecule has 0 unspecified atom stereocenters. The number of aryl methyl sites for hydroxylation is 1. The lowest BCUT2D eigenvalue weighted by Crippen LogP contribution is -2.22. The summed E-state index contributed by atoms with van der Waals surface area (Å²) in [6.45, 7) is 5.39. The molecule has 0 bridgehead atoms. The first kappa shape index (κ1) is 17.1. The highest BCUT2D eigenvalue weighted by atomic mass is 16.5. The summed E-state index contributed by atoms with van der Waals surface area (Å²) in [4.78, 5) is 15.6. The molecule has 2 aromatic carbocycles. The summed E-state index contributed by atoms with van der Waals surface area (Å²) in [6, 6.07) is 15.6. The van der Waals surface area contributed by atoms with E-state index in [1.807, 2.05) is 31.2 Å². The summed E-state index contributed by atoms with van der Waals surface area (Å²) < 4.78 is 5.62. The number of aromatic nitrogens is 1. The van der Waals surface area contributed by atoms with Gasteiger partial charge in [-0.15, -0.1) is 0 Å². The Hall–Kier alpha value is -2.75. The van der Waals surface area contributed by atoms with Crippen LogP contribution >= 0.6 is 0 Å². The van der Waals surface area contributed by atoms with Gasteiger partial charge >= 0.3 is 0 Å². The average molecular weight is 336 g/mol.